The Kier molecular flexibility index (Phi) is 4.04. The summed E-state index contributed by atoms with van der Waals surface area (Å²) in [4.78, 5) is 11.5. The van der Waals surface area contributed by atoms with Gasteiger partial charge in [-0.25, -0.2) is 13.2 Å². The molecule has 1 aromatic heterocycles. The first-order chi connectivity index (χ1) is 9.74. The number of anilines is 1. The van der Waals surface area contributed by atoms with Crippen LogP contribution in [0.25, 0.3) is 10.1 Å². The largest absolute Gasteiger partial charge is 0.397 e. The summed E-state index contributed by atoms with van der Waals surface area (Å²) in [6.45, 7) is -1.53. The van der Waals surface area contributed by atoms with Crippen molar-refractivity contribution in [2.24, 2.45) is 0 Å². The zero-order chi connectivity index (χ0) is 15.8. The van der Waals surface area contributed by atoms with Crippen molar-refractivity contribution in [2.75, 3.05) is 12.3 Å². The third-order valence-corrected chi connectivity index (χ3v) is 3.88. The monoisotopic (exact) mass is 324 g/mol. The number of hydrogen-bond donors (Lipinski definition) is 2. The van der Waals surface area contributed by atoms with Crippen LogP contribution in [-0.2, 0) is 0 Å². The number of rotatable bonds is 4. The van der Waals surface area contributed by atoms with Crippen molar-refractivity contribution in [2.45, 2.75) is 12.3 Å². The van der Waals surface area contributed by atoms with Gasteiger partial charge in [0.2, 0.25) is 0 Å². The fourth-order valence-corrected chi connectivity index (χ4v) is 2.71. The van der Waals surface area contributed by atoms with E-state index < -0.39 is 30.6 Å². The van der Waals surface area contributed by atoms with Gasteiger partial charge in [-0.1, -0.05) is 6.07 Å². The molecule has 0 saturated heterocycles. The number of nitrogen functional groups attached to an aromatic ring is 1. The molecule has 1 heterocycles. The highest BCUT2D eigenvalue weighted by Gasteiger charge is 2.41. The zero-order valence-corrected chi connectivity index (χ0v) is 11.1. The molecule has 0 bridgehead atoms. The highest BCUT2D eigenvalue weighted by Crippen LogP contribution is 2.35. The molecule has 9 heteroatoms. The predicted octanol–water partition coefficient (Wildman–Crippen LogP) is 3.25. The molecule has 0 aliphatic carbocycles. The summed E-state index contributed by atoms with van der Waals surface area (Å²) in [5, 5.41) is 1.69. The Hall–Kier alpha value is -1.90. The van der Waals surface area contributed by atoms with Crippen LogP contribution in [0.5, 0.6) is 0 Å². The molecule has 21 heavy (non-hydrogen) atoms. The fourth-order valence-electron chi connectivity index (χ4n) is 1.65. The lowest BCUT2D eigenvalue weighted by Crippen LogP contribution is -2.41. The van der Waals surface area contributed by atoms with E-state index >= 15 is 0 Å². The fraction of sp³-hybridized carbons (Fsp3) is 0.250. The lowest BCUT2D eigenvalue weighted by Gasteiger charge is -2.15. The maximum Gasteiger partial charge on any atom is 0.324 e. The first-order valence-electron chi connectivity index (χ1n) is 5.64. The highest BCUT2D eigenvalue weighted by atomic mass is 32.1. The van der Waals surface area contributed by atoms with Gasteiger partial charge in [0.1, 0.15) is 10.7 Å². The Morgan fingerprint density at radius 2 is 2.05 bits per heavy atom. The number of fused-ring (bicyclic) bond motifs is 1. The van der Waals surface area contributed by atoms with Gasteiger partial charge in [-0.15, -0.1) is 11.3 Å². The van der Waals surface area contributed by atoms with E-state index in [1.54, 1.807) is 5.32 Å². The minimum Gasteiger partial charge on any atom is -0.397 e. The van der Waals surface area contributed by atoms with Gasteiger partial charge in [-0.05, 0) is 12.1 Å². The molecule has 114 valence electrons. The molecule has 0 radical (unpaired) electrons. The van der Waals surface area contributed by atoms with E-state index in [4.69, 9.17) is 5.73 Å². The molecule has 1 amide bonds. The van der Waals surface area contributed by atoms with Crippen LogP contribution in [0.2, 0.25) is 0 Å². The Labute approximate surface area is 119 Å². The van der Waals surface area contributed by atoms with Gasteiger partial charge >= 0.3 is 12.3 Å². The third-order valence-electron chi connectivity index (χ3n) is 2.71. The Morgan fingerprint density at radius 1 is 1.38 bits per heavy atom. The Morgan fingerprint density at radius 3 is 2.62 bits per heavy atom. The first kappa shape index (κ1) is 15.5. The van der Waals surface area contributed by atoms with Crippen LogP contribution >= 0.6 is 11.3 Å². The van der Waals surface area contributed by atoms with Gasteiger partial charge in [0.15, 0.2) is 0 Å². The van der Waals surface area contributed by atoms with Crippen molar-refractivity contribution in [1.29, 1.82) is 0 Å². The lowest BCUT2D eigenvalue weighted by atomic mass is 10.2. The summed E-state index contributed by atoms with van der Waals surface area (Å²) < 4.78 is 63.4. The molecule has 0 aliphatic rings. The summed E-state index contributed by atoms with van der Waals surface area (Å²) in [5.74, 6) is -6.04. The van der Waals surface area contributed by atoms with Gasteiger partial charge in [0, 0.05) is 4.70 Å². The summed E-state index contributed by atoms with van der Waals surface area (Å²) in [6.07, 6.45) is -3.89. The third kappa shape index (κ3) is 2.92. The van der Waals surface area contributed by atoms with Crippen molar-refractivity contribution in [1.82, 2.24) is 5.32 Å². The smallest absolute Gasteiger partial charge is 0.324 e. The number of nitrogens with one attached hydrogen (secondary N) is 1. The normalized spacial score (nSPS) is 12.1. The quantitative estimate of drug-likeness (QED) is 0.848. The van der Waals surface area contributed by atoms with Crippen LogP contribution < -0.4 is 11.1 Å². The molecule has 2 aromatic rings. The summed E-state index contributed by atoms with van der Waals surface area (Å²) in [6, 6.07) is 4.04. The predicted molar refractivity (Wildman–Crippen MR) is 69.5 cm³/mol. The van der Waals surface area contributed by atoms with Gasteiger partial charge < -0.3 is 11.1 Å². The molecular weight excluding hydrogens is 315 g/mol. The average molecular weight is 324 g/mol. The van der Waals surface area contributed by atoms with E-state index in [1.165, 1.54) is 12.1 Å². The molecule has 3 nitrogen and oxygen atoms in total. The Bertz CT molecular complexity index is 686. The van der Waals surface area contributed by atoms with E-state index in [0.29, 0.717) is 4.70 Å². The number of benzene rings is 1. The molecule has 0 saturated carbocycles. The van der Waals surface area contributed by atoms with Gasteiger partial charge in [-0.2, -0.15) is 8.78 Å². The number of amides is 1. The van der Waals surface area contributed by atoms with Crippen molar-refractivity contribution >= 4 is 33.0 Å². The van der Waals surface area contributed by atoms with Crippen molar-refractivity contribution < 1.29 is 26.7 Å². The topological polar surface area (TPSA) is 55.1 Å². The Balaban J connectivity index is 2.25. The molecule has 0 aliphatic heterocycles. The van der Waals surface area contributed by atoms with Crippen LogP contribution in [0.15, 0.2) is 18.2 Å². The van der Waals surface area contributed by atoms with E-state index in [0.717, 1.165) is 17.4 Å². The average Bonchev–Trinajstić information content (AvgIpc) is 2.75. The first-order valence-corrected chi connectivity index (χ1v) is 6.46. The van der Waals surface area contributed by atoms with Gasteiger partial charge in [-0.3, -0.25) is 4.79 Å². The van der Waals surface area contributed by atoms with Crippen LogP contribution in [0.4, 0.5) is 27.6 Å². The molecule has 2 rings (SSSR count). The van der Waals surface area contributed by atoms with Crippen molar-refractivity contribution in [3.05, 3.63) is 28.9 Å². The summed E-state index contributed by atoms with van der Waals surface area (Å²) in [5.41, 5.74) is 5.41. The minimum absolute atomic E-state index is 0.00766. The second-order valence-corrected chi connectivity index (χ2v) is 5.25. The second-order valence-electron chi connectivity index (χ2n) is 4.20. The maximum absolute atomic E-state index is 13.6. The minimum atomic E-state index is -4.34. The molecular formula is C12H9F5N2OS. The molecule has 3 N–H and O–H groups in total. The van der Waals surface area contributed by atoms with Crippen LogP contribution in [0.3, 0.4) is 0 Å². The second kappa shape index (κ2) is 5.47. The number of hydrogen-bond acceptors (Lipinski definition) is 3. The molecule has 0 fully saturated rings. The van der Waals surface area contributed by atoms with E-state index in [1.807, 2.05) is 0 Å². The molecule has 0 spiro atoms. The number of carbonyl (C=O) groups is 1. The number of halogens is 5. The SMILES string of the molecule is Nc1c(C(=O)NCC(F)(F)C(F)F)sc2cccc(F)c12. The van der Waals surface area contributed by atoms with Gasteiger partial charge in [0.05, 0.1) is 17.6 Å². The van der Waals surface area contributed by atoms with Gasteiger partial charge in [0.25, 0.3) is 5.91 Å². The van der Waals surface area contributed by atoms with Crippen molar-refractivity contribution in [3.8, 4) is 0 Å². The number of alkyl halides is 4. The number of carbonyl (C=O) groups excluding carboxylic acids is 1. The van der Waals surface area contributed by atoms with Crippen LogP contribution in [0.1, 0.15) is 9.67 Å². The summed E-state index contributed by atoms with van der Waals surface area (Å²) in [7, 11) is 0. The number of nitrogens with two attached hydrogens (primary N) is 1. The van der Waals surface area contributed by atoms with E-state index in [-0.39, 0.29) is 16.0 Å². The molecule has 1 aromatic carbocycles. The lowest BCUT2D eigenvalue weighted by molar-refractivity contribution is -0.123. The highest BCUT2D eigenvalue weighted by molar-refractivity contribution is 7.21. The van der Waals surface area contributed by atoms with E-state index in [2.05, 4.69) is 0 Å². The van der Waals surface area contributed by atoms with E-state index in [9.17, 15) is 26.7 Å². The van der Waals surface area contributed by atoms with Crippen molar-refractivity contribution in [3.63, 3.8) is 0 Å². The zero-order valence-electron chi connectivity index (χ0n) is 10.3. The maximum atomic E-state index is 13.6. The number of thiophene rings is 1. The van der Waals surface area contributed by atoms with Crippen LogP contribution in [0, 0.1) is 5.82 Å². The standard InChI is InChI=1S/C12H9F5N2OS/c13-5-2-1-3-6-7(5)8(18)9(21-6)10(20)19-4-12(16,17)11(14)15/h1-3,11H,4,18H2,(H,19,20). The molecule has 0 unspecified atom stereocenters. The molecule has 0 atom stereocenters. The summed E-state index contributed by atoms with van der Waals surface area (Å²) >= 11 is 0.796. The van der Waals surface area contributed by atoms with Crippen LogP contribution in [-0.4, -0.2) is 24.8 Å².